The Morgan fingerprint density at radius 1 is 1.47 bits per heavy atom. The van der Waals surface area contributed by atoms with E-state index in [1.807, 2.05) is 13.8 Å². The second-order valence-electron chi connectivity index (χ2n) is 3.62. The number of nitrogens with two attached hydrogens (primary N) is 1. The van der Waals surface area contributed by atoms with E-state index in [1.54, 1.807) is 6.20 Å². The summed E-state index contributed by atoms with van der Waals surface area (Å²) in [4.78, 5) is 10.6. The number of anilines is 2. The third-order valence-corrected chi connectivity index (χ3v) is 2.47. The van der Waals surface area contributed by atoms with Gasteiger partial charge in [0.1, 0.15) is 5.82 Å². The Balaban J connectivity index is 2.78. The number of likely N-dealkylation sites (N-methyl/N-ethyl adjacent to an activating group) is 1. The zero-order valence-electron chi connectivity index (χ0n) is 10.7. The molecule has 17 heavy (non-hydrogen) atoms. The van der Waals surface area contributed by atoms with Gasteiger partial charge in [-0.2, -0.15) is 4.98 Å². The molecule has 0 aliphatic carbocycles. The normalized spacial score (nSPS) is 10.4. The molecule has 0 saturated carbocycles. The lowest BCUT2D eigenvalue weighted by Gasteiger charge is -2.23. The van der Waals surface area contributed by atoms with Gasteiger partial charge in [0.25, 0.3) is 0 Å². The molecule has 0 radical (unpaired) electrons. The molecule has 1 aromatic heterocycles. The van der Waals surface area contributed by atoms with Crippen molar-refractivity contribution in [2.45, 2.75) is 20.8 Å². The number of hydrogen-bond acceptors (Lipinski definition) is 6. The molecule has 0 aliphatic heterocycles. The summed E-state index contributed by atoms with van der Waals surface area (Å²) in [6.45, 7) is 9.17. The van der Waals surface area contributed by atoms with Crippen molar-refractivity contribution in [1.29, 1.82) is 0 Å². The summed E-state index contributed by atoms with van der Waals surface area (Å²) in [5, 5.41) is 0. The van der Waals surface area contributed by atoms with E-state index in [0.29, 0.717) is 12.6 Å². The molecule has 0 fully saturated rings. The molecule has 3 N–H and O–H groups in total. The van der Waals surface area contributed by atoms with Gasteiger partial charge in [-0.05, 0) is 20.8 Å². The lowest BCUT2D eigenvalue weighted by Crippen LogP contribution is -2.29. The highest BCUT2D eigenvalue weighted by molar-refractivity contribution is 5.48. The van der Waals surface area contributed by atoms with E-state index in [2.05, 4.69) is 27.2 Å². The van der Waals surface area contributed by atoms with Crippen LogP contribution in [0.25, 0.3) is 0 Å². The Hall–Kier alpha value is -1.40. The van der Waals surface area contributed by atoms with Gasteiger partial charge in [0.15, 0.2) is 0 Å². The van der Waals surface area contributed by atoms with Crippen LogP contribution >= 0.6 is 0 Å². The van der Waals surface area contributed by atoms with E-state index in [4.69, 9.17) is 10.6 Å². The number of ether oxygens (including phenoxy) is 1. The van der Waals surface area contributed by atoms with Crippen molar-refractivity contribution in [3.63, 3.8) is 0 Å². The summed E-state index contributed by atoms with van der Waals surface area (Å²) >= 11 is 0. The Kier molecular flexibility index (Phi) is 5.65. The minimum Gasteiger partial charge on any atom is -0.380 e. The van der Waals surface area contributed by atoms with E-state index in [-0.39, 0.29) is 0 Å². The van der Waals surface area contributed by atoms with Crippen LogP contribution in [-0.4, -0.2) is 36.3 Å². The first-order valence-electron chi connectivity index (χ1n) is 5.85. The second-order valence-corrected chi connectivity index (χ2v) is 3.62. The van der Waals surface area contributed by atoms with Crippen molar-refractivity contribution in [2.24, 2.45) is 5.84 Å². The van der Waals surface area contributed by atoms with Crippen LogP contribution in [0.1, 0.15) is 19.4 Å². The molecular weight excluding hydrogens is 218 g/mol. The predicted molar refractivity (Wildman–Crippen MR) is 69.0 cm³/mol. The van der Waals surface area contributed by atoms with Crippen LogP contribution in [0.5, 0.6) is 0 Å². The highest BCUT2D eigenvalue weighted by Crippen LogP contribution is 2.17. The summed E-state index contributed by atoms with van der Waals surface area (Å²) in [7, 11) is 0. The van der Waals surface area contributed by atoms with Gasteiger partial charge in [-0.1, -0.05) is 0 Å². The van der Waals surface area contributed by atoms with Gasteiger partial charge in [-0.15, -0.1) is 0 Å². The van der Waals surface area contributed by atoms with Crippen LogP contribution in [0.4, 0.5) is 11.8 Å². The standard InChI is InChI=1S/C11H21N5O/c1-4-16(6-7-17-5-2)10-9(3)8-13-11(14-10)15-12/h8H,4-7,12H2,1-3H3,(H,13,14,15). The molecule has 0 bridgehead atoms. The number of nitrogens with one attached hydrogen (secondary N) is 1. The molecule has 0 atom stereocenters. The van der Waals surface area contributed by atoms with Gasteiger partial charge in [-0.3, -0.25) is 5.43 Å². The summed E-state index contributed by atoms with van der Waals surface area (Å²) in [5.41, 5.74) is 3.49. The molecular formula is C11H21N5O. The Morgan fingerprint density at radius 2 is 2.24 bits per heavy atom. The predicted octanol–water partition coefficient (Wildman–Crippen LogP) is 0.933. The maximum absolute atomic E-state index is 5.36. The molecule has 1 aromatic rings. The average Bonchev–Trinajstić information content (AvgIpc) is 2.36. The molecule has 1 rings (SSSR count). The van der Waals surface area contributed by atoms with Crippen molar-refractivity contribution in [3.8, 4) is 0 Å². The number of nitrogens with zero attached hydrogens (tertiary/aromatic N) is 3. The zero-order valence-corrected chi connectivity index (χ0v) is 10.7. The maximum Gasteiger partial charge on any atom is 0.239 e. The molecule has 0 spiro atoms. The van der Waals surface area contributed by atoms with Crippen LogP contribution in [0.15, 0.2) is 6.20 Å². The lowest BCUT2D eigenvalue weighted by atomic mass is 10.3. The number of hydrogen-bond donors (Lipinski definition) is 2. The van der Waals surface area contributed by atoms with Crippen molar-refractivity contribution < 1.29 is 4.74 Å². The van der Waals surface area contributed by atoms with Crippen molar-refractivity contribution in [3.05, 3.63) is 11.8 Å². The van der Waals surface area contributed by atoms with E-state index >= 15 is 0 Å². The highest BCUT2D eigenvalue weighted by atomic mass is 16.5. The third-order valence-electron chi connectivity index (χ3n) is 2.47. The summed E-state index contributed by atoms with van der Waals surface area (Å²) < 4.78 is 5.36. The quantitative estimate of drug-likeness (QED) is 0.419. The summed E-state index contributed by atoms with van der Waals surface area (Å²) in [6.07, 6.45) is 1.76. The van der Waals surface area contributed by atoms with Crippen molar-refractivity contribution >= 4 is 11.8 Å². The van der Waals surface area contributed by atoms with Crippen molar-refractivity contribution in [1.82, 2.24) is 9.97 Å². The van der Waals surface area contributed by atoms with Gasteiger partial charge >= 0.3 is 0 Å². The molecule has 0 aromatic carbocycles. The Labute approximate surface area is 102 Å². The van der Waals surface area contributed by atoms with Crippen LogP contribution < -0.4 is 16.2 Å². The molecule has 1 heterocycles. The fraction of sp³-hybridized carbons (Fsp3) is 0.636. The van der Waals surface area contributed by atoms with Gasteiger partial charge in [-0.25, -0.2) is 10.8 Å². The zero-order chi connectivity index (χ0) is 12.7. The number of rotatable bonds is 7. The van der Waals surface area contributed by atoms with Crippen molar-refractivity contribution in [2.75, 3.05) is 36.6 Å². The topological polar surface area (TPSA) is 76.3 Å². The monoisotopic (exact) mass is 239 g/mol. The third kappa shape index (κ3) is 3.83. The minimum absolute atomic E-state index is 0.431. The van der Waals surface area contributed by atoms with Crippen LogP contribution in [0.3, 0.4) is 0 Å². The second kappa shape index (κ2) is 7.03. The first kappa shape index (κ1) is 13.7. The number of aryl methyl sites for hydroxylation is 1. The highest BCUT2D eigenvalue weighted by Gasteiger charge is 2.10. The van der Waals surface area contributed by atoms with E-state index in [1.165, 1.54) is 0 Å². The maximum atomic E-state index is 5.36. The van der Waals surface area contributed by atoms with E-state index < -0.39 is 0 Å². The first-order valence-corrected chi connectivity index (χ1v) is 5.85. The fourth-order valence-electron chi connectivity index (χ4n) is 1.56. The van der Waals surface area contributed by atoms with Gasteiger partial charge < -0.3 is 9.64 Å². The Bertz CT molecular complexity index is 345. The van der Waals surface area contributed by atoms with Gasteiger partial charge in [0.05, 0.1) is 6.61 Å². The SMILES string of the molecule is CCOCCN(CC)c1nc(NN)ncc1C. The average molecular weight is 239 g/mol. The molecule has 96 valence electrons. The van der Waals surface area contributed by atoms with Crippen LogP contribution in [-0.2, 0) is 4.74 Å². The Morgan fingerprint density at radius 3 is 2.82 bits per heavy atom. The lowest BCUT2D eigenvalue weighted by molar-refractivity contribution is 0.154. The first-order chi connectivity index (χ1) is 8.22. The minimum atomic E-state index is 0.431. The molecule has 0 unspecified atom stereocenters. The smallest absolute Gasteiger partial charge is 0.239 e. The number of hydrazine groups is 1. The number of aromatic nitrogens is 2. The molecule has 6 nitrogen and oxygen atoms in total. The number of nitrogen functional groups attached to an aromatic ring is 1. The molecule has 0 aliphatic rings. The molecule has 6 heteroatoms. The van der Waals surface area contributed by atoms with Gasteiger partial charge in [0, 0.05) is 31.5 Å². The van der Waals surface area contributed by atoms with E-state index in [9.17, 15) is 0 Å². The summed E-state index contributed by atoms with van der Waals surface area (Å²) in [5.74, 6) is 6.64. The van der Waals surface area contributed by atoms with Crippen LogP contribution in [0, 0.1) is 6.92 Å². The molecule has 0 saturated heterocycles. The van der Waals surface area contributed by atoms with E-state index in [0.717, 1.165) is 31.1 Å². The fourth-order valence-corrected chi connectivity index (χ4v) is 1.56. The van der Waals surface area contributed by atoms with Crippen LogP contribution in [0.2, 0.25) is 0 Å². The summed E-state index contributed by atoms with van der Waals surface area (Å²) in [6, 6.07) is 0. The van der Waals surface area contributed by atoms with Gasteiger partial charge in [0.2, 0.25) is 5.95 Å². The molecule has 0 amide bonds. The largest absolute Gasteiger partial charge is 0.380 e.